The maximum absolute atomic E-state index is 10.4. The van der Waals surface area contributed by atoms with Crippen molar-refractivity contribution in [2.24, 2.45) is 5.73 Å². The van der Waals surface area contributed by atoms with Gasteiger partial charge >= 0.3 is 5.97 Å². The summed E-state index contributed by atoms with van der Waals surface area (Å²) in [7, 11) is 1.24. The predicted molar refractivity (Wildman–Crippen MR) is 33.1 cm³/mol. The lowest BCUT2D eigenvalue weighted by Crippen LogP contribution is -2.12. The number of terminal acetylenes is 1. The van der Waals surface area contributed by atoms with Crippen molar-refractivity contribution in [1.82, 2.24) is 0 Å². The van der Waals surface area contributed by atoms with Crippen LogP contribution in [0.4, 0.5) is 0 Å². The fourth-order valence-electron chi connectivity index (χ4n) is 0.267. The van der Waals surface area contributed by atoms with Crippen LogP contribution in [0.25, 0.3) is 0 Å². The Labute approximate surface area is 53.5 Å². The third-order valence-electron chi connectivity index (χ3n) is 0.660. The van der Waals surface area contributed by atoms with Gasteiger partial charge in [-0.25, -0.2) is 4.79 Å². The summed E-state index contributed by atoms with van der Waals surface area (Å²) in [5, 5.41) is 0. The molecule has 0 aliphatic carbocycles. The highest BCUT2D eigenvalue weighted by Crippen LogP contribution is 1.84. The summed E-state index contributed by atoms with van der Waals surface area (Å²) >= 11 is 0. The second-order valence-electron chi connectivity index (χ2n) is 1.26. The average Bonchev–Trinajstić information content (AvgIpc) is 1.87. The first kappa shape index (κ1) is 7.57. The van der Waals surface area contributed by atoms with Crippen LogP contribution in [0.2, 0.25) is 0 Å². The van der Waals surface area contributed by atoms with Crippen molar-refractivity contribution in [3.05, 3.63) is 11.8 Å². The van der Waals surface area contributed by atoms with Gasteiger partial charge < -0.3 is 10.5 Å². The minimum Gasteiger partial charge on any atom is -0.464 e. The molecule has 3 nitrogen and oxygen atoms in total. The predicted octanol–water partition coefficient (Wildman–Crippen LogP) is -0.365. The van der Waals surface area contributed by atoms with Crippen LogP contribution in [-0.2, 0) is 9.53 Å². The molecule has 0 spiro atoms. The number of carbonyl (C=O) groups is 1. The van der Waals surface area contributed by atoms with Crippen molar-refractivity contribution < 1.29 is 9.53 Å². The molecule has 0 fully saturated rings. The van der Waals surface area contributed by atoms with Gasteiger partial charge in [-0.05, 0) is 0 Å². The van der Waals surface area contributed by atoms with Crippen molar-refractivity contribution >= 4 is 5.97 Å². The van der Waals surface area contributed by atoms with Crippen molar-refractivity contribution in [3.63, 3.8) is 0 Å². The van der Waals surface area contributed by atoms with Gasteiger partial charge in [-0.1, -0.05) is 5.92 Å². The number of allylic oxidation sites excluding steroid dienone is 1. The summed E-state index contributed by atoms with van der Waals surface area (Å²) in [4.78, 5) is 10.4. The Balaban J connectivity index is 4.07. The van der Waals surface area contributed by atoms with Gasteiger partial charge in [0.05, 0.1) is 7.11 Å². The van der Waals surface area contributed by atoms with Crippen LogP contribution in [-0.4, -0.2) is 13.1 Å². The molecule has 0 atom stereocenters. The molecular weight excluding hydrogens is 118 g/mol. The highest BCUT2D eigenvalue weighted by atomic mass is 16.5. The highest BCUT2D eigenvalue weighted by Gasteiger charge is 2.00. The Morgan fingerprint density at radius 3 is 2.78 bits per heavy atom. The van der Waals surface area contributed by atoms with Gasteiger partial charge in [0, 0.05) is 6.08 Å². The summed E-state index contributed by atoms with van der Waals surface area (Å²) < 4.78 is 4.24. The summed E-state index contributed by atoms with van der Waals surface area (Å²) in [5.41, 5.74) is 5.03. The number of hydrogen-bond donors (Lipinski definition) is 1. The van der Waals surface area contributed by atoms with Crippen LogP contribution in [0.5, 0.6) is 0 Å². The Kier molecular flexibility index (Phi) is 2.99. The van der Waals surface area contributed by atoms with E-state index in [1.165, 1.54) is 7.11 Å². The lowest BCUT2D eigenvalue weighted by Gasteiger charge is -1.93. The van der Waals surface area contributed by atoms with Gasteiger partial charge in [0.25, 0.3) is 0 Å². The first-order valence-electron chi connectivity index (χ1n) is 2.22. The normalized spacial score (nSPS) is 10.0. The number of carbonyl (C=O) groups excluding carboxylic acids is 1. The number of rotatable bonds is 1. The fourth-order valence-corrected chi connectivity index (χ4v) is 0.267. The first-order chi connectivity index (χ1) is 4.22. The van der Waals surface area contributed by atoms with Crippen molar-refractivity contribution in [2.75, 3.05) is 7.11 Å². The molecule has 2 N–H and O–H groups in total. The molecule has 0 aromatic rings. The Morgan fingerprint density at radius 2 is 2.44 bits per heavy atom. The maximum atomic E-state index is 10.4. The Morgan fingerprint density at radius 1 is 1.89 bits per heavy atom. The molecule has 0 heterocycles. The van der Waals surface area contributed by atoms with Crippen LogP contribution in [0.15, 0.2) is 11.8 Å². The zero-order valence-electron chi connectivity index (χ0n) is 5.05. The molecule has 0 rings (SSSR count). The molecule has 3 heteroatoms. The molecule has 0 saturated carbocycles. The number of hydrogen-bond acceptors (Lipinski definition) is 3. The van der Waals surface area contributed by atoms with Gasteiger partial charge in [0.15, 0.2) is 0 Å². The van der Waals surface area contributed by atoms with Gasteiger partial charge in [0.1, 0.15) is 5.70 Å². The molecule has 0 aromatic heterocycles. The van der Waals surface area contributed by atoms with Crippen molar-refractivity contribution in [3.8, 4) is 12.3 Å². The molecule has 0 aliphatic heterocycles. The van der Waals surface area contributed by atoms with E-state index in [1.54, 1.807) is 0 Å². The number of methoxy groups -OCH3 is 1. The van der Waals surface area contributed by atoms with E-state index < -0.39 is 5.97 Å². The summed E-state index contributed by atoms with van der Waals surface area (Å²) in [6.07, 6.45) is 5.95. The molecular formula is C6H7NO2. The molecule has 9 heavy (non-hydrogen) atoms. The van der Waals surface area contributed by atoms with Crippen LogP contribution in [0.1, 0.15) is 0 Å². The summed E-state index contributed by atoms with van der Waals surface area (Å²) in [6, 6.07) is 0. The van der Waals surface area contributed by atoms with Crippen LogP contribution in [0.3, 0.4) is 0 Å². The quantitative estimate of drug-likeness (QED) is 0.295. The highest BCUT2D eigenvalue weighted by molar-refractivity contribution is 5.87. The van der Waals surface area contributed by atoms with E-state index in [1.807, 2.05) is 0 Å². The molecule has 0 saturated heterocycles. The van der Waals surface area contributed by atoms with E-state index in [2.05, 4.69) is 10.7 Å². The molecule has 0 aliphatic rings. The topological polar surface area (TPSA) is 52.3 Å². The minimum absolute atomic E-state index is 0.0556. The van der Waals surface area contributed by atoms with Crippen LogP contribution >= 0.6 is 0 Å². The molecule has 0 aromatic carbocycles. The van der Waals surface area contributed by atoms with E-state index in [0.717, 1.165) is 6.08 Å². The monoisotopic (exact) mass is 125 g/mol. The van der Waals surface area contributed by atoms with Gasteiger partial charge in [0.2, 0.25) is 0 Å². The zero-order chi connectivity index (χ0) is 7.28. The number of ether oxygens (including phenoxy) is 1. The van der Waals surface area contributed by atoms with E-state index in [9.17, 15) is 4.79 Å². The summed E-state index contributed by atoms with van der Waals surface area (Å²) in [5.74, 6) is 1.49. The lowest BCUT2D eigenvalue weighted by molar-refractivity contribution is -0.136. The van der Waals surface area contributed by atoms with Gasteiger partial charge in [-0.3, -0.25) is 0 Å². The maximum Gasteiger partial charge on any atom is 0.354 e. The third-order valence-corrected chi connectivity index (χ3v) is 0.660. The molecule has 0 radical (unpaired) electrons. The number of esters is 1. The van der Waals surface area contributed by atoms with E-state index in [0.29, 0.717) is 0 Å². The minimum atomic E-state index is -0.604. The van der Waals surface area contributed by atoms with E-state index in [-0.39, 0.29) is 5.70 Å². The number of nitrogens with two attached hydrogens (primary N) is 1. The molecule has 0 amide bonds. The lowest BCUT2D eigenvalue weighted by atomic mass is 10.4. The first-order valence-corrected chi connectivity index (χ1v) is 2.22. The van der Waals surface area contributed by atoms with Crippen molar-refractivity contribution in [2.45, 2.75) is 0 Å². The van der Waals surface area contributed by atoms with Crippen LogP contribution < -0.4 is 5.73 Å². The Hall–Kier alpha value is -1.43. The Bertz CT molecular complexity index is 176. The van der Waals surface area contributed by atoms with Gasteiger partial charge in [-0.2, -0.15) is 0 Å². The largest absolute Gasteiger partial charge is 0.464 e. The molecule has 0 bridgehead atoms. The molecule has 0 unspecified atom stereocenters. The second-order valence-corrected chi connectivity index (χ2v) is 1.26. The fraction of sp³-hybridized carbons (Fsp3) is 0.167. The standard InChI is InChI=1S/C6H7NO2/c1-3-4-5(7)6(8)9-2/h1,4H,7H2,2H3. The molecule has 48 valence electrons. The van der Waals surface area contributed by atoms with Crippen LogP contribution in [0, 0.1) is 12.3 Å². The summed E-state index contributed by atoms with van der Waals surface area (Å²) in [6.45, 7) is 0. The van der Waals surface area contributed by atoms with E-state index in [4.69, 9.17) is 12.2 Å². The van der Waals surface area contributed by atoms with Crippen molar-refractivity contribution in [1.29, 1.82) is 0 Å². The smallest absolute Gasteiger partial charge is 0.354 e. The second kappa shape index (κ2) is 3.56. The van der Waals surface area contributed by atoms with E-state index >= 15 is 0 Å². The zero-order valence-corrected chi connectivity index (χ0v) is 5.05. The SMILES string of the molecule is C#CC=C(N)C(=O)OC. The third kappa shape index (κ3) is 2.39. The van der Waals surface area contributed by atoms with Gasteiger partial charge in [-0.15, -0.1) is 6.42 Å². The average molecular weight is 125 g/mol.